The monoisotopic (exact) mass is 244 g/mol. The van der Waals surface area contributed by atoms with E-state index in [1.807, 2.05) is 0 Å². The van der Waals surface area contributed by atoms with Crippen LogP contribution in [0.1, 0.15) is 34.6 Å². The number of ether oxygens (including phenoxy) is 1. The van der Waals surface area contributed by atoms with Crippen LogP contribution in [0, 0.1) is 11.8 Å². The molecule has 0 aromatic heterocycles. The van der Waals surface area contributed by atoms with Crippen molar-refractivity contribution in [1.29, 1.82) is 0 Å². The van der Waals surface area contributed by atoms with Crippen LogP contribution in [0.2, 0.25) is 0 Å². The molecule has 0 aliphatic heterocycles. The Bertz CT molecular complexity index is 172. The standard InChI is InChI=1S/C14H32N2O/c1-7-15-10-14(13(4)5)16(8-9-17-6)11-12(2)3/h12-15H,7-11H2,1-6H3. The number of hydrogen-bond acceptors (Lipinski definition) is 3. The second-order valence-electron chi connectivity index (χ2n) is 5.50. The maximum Gasteiger partial charge on any atom is 0.0589 e. The molecule has 0 saturated heterocycles. The van der Waals surface area contributed by atoms with Crippen molar-refractivity contribution < 1.29 is 4.74 Å². The maximum atomic E-state index is 5.23. The van der Waals surface area contributed by atoms with Crippen LogP contribution >= 0.6 is 0 Å². The first-order valence-corrected chi connectivity index (χ1v) is 6.96. The second kappa shape index (κ2) is 9.86. The summed E-state index contributed by atoms with van der Waals surface area (Å²) in [6.07, 6.45) is 0. The minimum Gasteiger partial charge on any atom is -0.383 e. The Morgan fingerprint density at radius 2 is 1.82 bits per heavy atom. The summed E-state index contributed by atoms with van der Waals surface area (Å²) in [5.74, 6) is 1.37. The van der Waals surface area contributed by atoms with Gasteiger partial charge in [-0.3, -0.25) is 4.90 Å². The molecule has 0 aromatic rings. The van der Waals surface area contributed by atoms with Crippen LogP contribution < -0.4 is 5.32 Å². The van der Waals surface area contributed by atoms with E-state index >= 15 is 0 Å². The van der Waals surface area contributed by atoms with Gasteiger partial charge in [0, 0.05) is 32.8 Å². The Hall–Kier alpha value is -0.120. The van der Waals surface area contributed by atoms with Gasteiger partial charge in [-0.15, -0.1) is 0 Å². The highest BCUT2D eigenvalue weighted by Crippen LogP contribution is 2.12. The lowest BCUT2D eigenvalue weighted by Crippen LogP contribution is -2.48. The van der Waals surface area contributed by atoms with Crippen molar-refractivity contribution in [3.05, 3.63) is 0 Å². The minimum absolute atomic E-state index is 0.604. The van der Waals surface area contributed by atoms with E-state index in [1.54, 1.807) is 7.11 Å². The van der Waals surface area contributed by atoms with Crippen LogP contribution in [-0.4, -0.2) is 50.8 Å². The maximum absolute atomic E-state index is 5.23. The molecule has 0 saturated carbocycles. The average Bonchev–Trinajstić information content (AvgIpc) is 2.24. The number of rotatable bonds is 10. The van der Waals surface area contributed by atoms with Crippen LogP contribution in [0.4, 0.5) is 0 Å². The van der Waals surface area contributed by atoms with Gasteiger partial charge in [0.2, 0.25) is 0 Å². The highest BCUT2D eigenvalue weighted by Gasteiger charge is 2.21. The van der Waals surface area contributed by atoms with Gasteiger partial charge >= 0.3 is 0 Å². The summed E-state index contributed by atoms with van der Waals surface area (Å²) in [6.45, 7) is 16.5. The molecular formula is C14H32N2O. The van der Waals surface area contributed by atoms with Gasteiger partial charge < -0.3 is 10.1 Å². The van der Waals surface area contributed by atoms with E-state index in [4.69, 9.17) is 4.74 Å². The molecule has 3 nitrogen and oxygen atoms in total. The predicted octanol–water partition coefficient (Wildman–Crippen LogP) is 2.22. The normalized spacial score (nSPS) is 13.9. The summed E-state index contributed by atoms with van der Waals surface area (Å²) in [6, 6.07) is 0.604. The van der Waals surface area contributed by atoms with Crippen molar-refractivity contribution >= 4 is 0 Å². The fourth-order valence-corrected chi connectivity index (χ4v) is 2.15. The van der Waals surface area contributed by atoms with Crippen LogP contribution in [0.25, 0.3) is 0 Å². The zero-order valence-electron chi connectivity index (χ0n) is 12.6. The highest BCUT2D eigenvalue weighted by molar-refractivity contribution is 4.77. The molecule has 0 aliphatic rings. The van der Waals surface area contributed by atoms with Crippen LogP contribution in [0.3, 0.4) is 0 Å². The zero-order valence-corrected chi connectivity index (χ0v) is 12.6. The molecule has 17 heavy (non-hydrogen) atoms. The fraction of sp³-hybridized carbons (Fsp3) is 1.00. The molecule has 0 spiro atoms. The van der Waals surface area contributed by atoms with Crippen molar-refractivity contribution in [2.24, 2.45) is 11.8 Å². The van der Waals surface area contributed by atoms with Crippen molar-refractivity contribution in [2.75, 3.05) is 39.9 Å². The lowest BCUT2D eigenvalue weighted by Gasteiger charge is -2.35. The molecule has 0 amide bonds. The van der Waals surface area contributed by atoms with Crippen molar-refractivity contribution in [2.45, 2.75) is 40.7 Å². The first-order valence-electron chi connectivity index (χ1n) is 6.96. The molecule has 3 heteroatoms. The van der Waals surface area contributed by atoms with Gasteiger partial charge in [-0.1, -0.05) is 34.6 Å². The summed E-state index contributed by atoms with van der Waals surface area (Å²) < 4.78 is 5.23. The van der Waals surface area contributed by atoms with Crippen LogP contribution in [0.15, 0.2) is 0 Å². The molecule has 0 fully saturated rings. The third kappa shape index (κ3) is 7.74. The number of likely N-dealkylation sites (N-methyl/N-ethyl adjacent to an activating group) is 1. The second-order valence-corrected chi connectivity index (χ2v) is 5.50. The number of nitrogens with zero attached hydrogens (tertiary/aromatic N) is 1. The van der Waals surface area contributed by atoms with E-state index in [-0.39, 0.29) is 0 Å². The van der Waals surface area contributed by atoms with E-state index in [1.165, 1.54) is 0 Å². The molecular weight excluding hydrogens is 212 g/mol. The Labute approximate surface area is 108 Å². The number of methoxy groups -OCH3 is 1. The summed E-state index contributed by atoms with van der Waals surface area (Å²) in [4.78, 5) is 2.57. The van der Waals surface area contributed by atoms with E-state index in [0.717, 1.165) is 32.8 Å². The first kappa shape index (κ1) is 16.9. The van der Waals surface area contributed by atoms with Crippen molar-refractivity contribution in [1.82, 2.24) is 10.2 Å². The molecule has 0 heterocycles. The summed E-state index contributed by atoms with van der Waals surface area (Å²) in [7, 11) is 1.78. The van der Waals surface area contributed by atoms with Gasteiger partial charge in [0.25, 0.3) is 0 Å². The third-order valence-corrected chi connectivity index (χ3v) is 3.02. The van der Waals surface area contributed by atoms with Crippen molar-refractivity contribution in [3.8, 4) is 0 Å². The molecule has 0 bridgehead atoms. The first-order chi connectivity index (χ1) is 8.02. The molecule has 0 radical (unpaired) electrons. The molecule has 1 N–H and O–H groups in total. The number of nitrogens with one attached hydrogen (secondary N) is 1. The Kier molecular flexibility index (Phi) is 9.79. The van der Waals surface area contributed by atoms with Crippen LogP contribution in [0.5, 0.6) is 0 Å². The van der Waals surface area contributed by atoms with Gasteiger partial charge in [0.1, 0.15) is 0 Å². The van der Waals surface area contributed by atoms with Gasteiger partial charge in [0.05, 0.1) is 6.61 Å². The van der Waals surface area contributed by atoms with E-state index in [2.05, 4.69) is 44.8 Å². The van der Waals surface area contributed by atoms with E-state index in [0.29, 0.717) is 17.9 Å². The van der Waals surface area contributed by atoms with Gasteiger partial charge in [0.15, 0.2) is 0 Å². The molecule has 1 atom stereocenters. The summed E-state index contributed by atoms with van der Waals surface area (Å²) in [5, 5.41) is 3.48. The largest absolute Gasteiger partial charge is 0.383 e. The average molecular weight is 244 g/mol. The summed E-state index contributed by atoms with van der Waals surface area (Å²) in [5.41, 5.74) is 0. The van der Waals surface area contributed by atoms with E-state index < -0.39 is 0 Å². The molecule has 104 valence electrons. The predicted molar refractivity (Wildman–Crippen MR) is 75.5 cm³/mol. The summed E-state index contributed by atoms with van der Waals surface area (Å²) >= 11 is 0. The lowest BCUT2D eigenvalue weighted by molar-refractivity contribution is 0.0898. The van der Waals surface area contributed by atoms with Crippen molar-refractivity contribution in [3.63, 3.8) is 0 Å². The smallest absolute Gasteiger partial charge is 0.0589 e. The topological polar surface area (TPSA) is 24.5 Å². The molecule has 0 aromatic carbocycles. The Morgan fingerprint density at radius 1 is 1.18 bits per heavy atom. The Balaban J connectivity index is 4.43. The fourth-order valence-electron chi connectivity index (χ4n) is 2.15. The van der Waals surface area contributed by atoms with Gasteiger partial charge in [-0.05, 0) is 18.4 Å². The quantitative estimate of drug-likeness (QED) is 0.638. The SMILES string of the molecule is CCNCC(C(C)C)N(CCOC)CC(C)C. The molecule has 0 aliphatic carbocycles. The third-order valence-electron chi connectivity index (χ3n) is 3.02. The van der Waals surface area contributed by atoms with Gasteiger partial charge in [-0.2, -0.15) is 0 Å². The van der Waals surface area contributed by atoms with Crippen LogP contribution in [-0.2, 0) is 4.74 Å². The molecule has 1 unspecified atom stereocenters. The van der Waals surface area contributed by atoms with E-state index in [9.17, 15) is 0 Å². The zero-order chi connectivity index (χ0) is 13.3. The number of hydrogen-bond donors (Lipinski definition) is 1. The minimum atomic E-state index is 0.604. The molecule has 0 rings (SSSR count). The lowest BCUT2D eigenvalue weighted by atomic mass is 10.0. The van der Waals surface area contributed by atoms with Gasteiger partial charge in [-0.25, -0.2) is 0 Å². The Morgan fingerprint density at radius 3 is 2.24 bits per heavy atom. The highest BCUT2D eigenvalue weighted by atomic mass is 16.5.